The van der Waals surface area contributed by atoms with Crippen molar-refractivity contribution in [2.75, 3.05) is 0 Å². The Bertz CT molecular complexity index is 354. The molecule has 0 radical (unpaired) electrons. The summed E-state index contributed by atoms with van der Waals surface area (Å²) in [6.45, 7) is 10.3. The quantitative estimate of drug-likeness (QED) is 0.882. The third-order valence-electron chi connectivity index (χ3n) is 3.22. The zero-order valence-corrected chi connectivity index (χ0v) is 12.8. The Morgan fingerprint density at radius 2 is 1.39 bits per heavy atom. The van der Waals surface area contributed by atoms with Crippen molar-refractivity contribution in [2.24, 2.45) is 11.1 Å². The summed E-state index contributed by atoms with van der Waals surface area (Å²) in [6.07, 6.45) is -0.535. The zero-order chi connectivity index (χ0) is 13.2. The van der Waals surface area contributed by atoms with Crippen LogP contribution in [0.1, 0.15) is 57.7 Å². The summed E-state index contributed by atoms with van der Waals surface area (Å²) in [4.78, 5) is 0. The first kappa shape index (κ1) is 17.4. The number of aliphatic hydroxyl groups excluding tert-OH is 1. The predicted molar refractivity (Wildman–Crippen MR) is 80.2 cm³/mol. The van der Waals surface area contributed by atoms with E-state index in [0.29, 0.717) is 5.92 Å². The van der Waals surface area contributed by atoms with Crippen LogP contribution in [-0.2, 0) is 0 Å². The Kier molecular flexibility index (Phi) is 6.35. The van der Waals surface area contributed by atoms with Crippen molar-refractivity contribution in [1.29, 1.82) is 0 Å². The first-order valence-electron chi connectivity index (χ1n) is 6.27. The molecule has 0 amide bonds. The van der Waals surface area contributed by atoms with E-state index in [4.69, 9.17) is 5.73 Å². The van der Waals surface area contributed by atoms with E-state index >= 15 is 0 Å². The summed E-state index contributed by atoms with van der Waals surface area (Å²) in [5.74, 6) is 0.521. The van der Waals surface area contributed by atoms with Gasteiger partial charge < -0.3 is 10.8 Å². The molecule has 0 saturated carbocycles. The molecule has 0 unspecified atom stereocenters. The molecule has 0 aromatic heterocycles. The fourth-order valence-corrected chi connectivity index (χ4v) is 1.82. The van der Waals surface area contributed by atoms with Gasteiger partial charge in [-0.05, 0) is 22.5 Å². The smallest absolute Gasteiger partial charge is 0.0780 e. The monoisotopic (exact) mass is 271 g/mol. The average Bonchev–Trinajstić information content (AvgIpc) is 2.26. The first-order chi connectivity index (χ1) is 7.73. The van der Waals surface area contributed by atoms with E-state index in [-0.39, 0.29) is 23.9 Å². The van der Waals surface area contributed by atoms with Crippen molar-refractivity contribution >= 4 is 12.4 Å². The summed E-state index contributed by atoms with van der Waals surface area (Å²) in [5.41, 5.74) is 8.20. The third kappa shape index (κ3) is 4.27. The van der Waals surface area contributed by atoms with Crippen LogP contribution >= 0.6 is 12.4 Å². The zero-order valence-electron chi connectivity index (χ0n) is 12.0. The molecule has 1 rings (SSSR count). The fourth-order valence-electron chi connectivity index (χ4n) is 1.82. The molecule has 2 atom stereocenters. The Balaban J connectivity index is 0.00000289. The van der Waals surface area contributed by atoms with Crippen molar-refractivity contribution in [3.63, 3.8) is 0 Å². The Hall–Kier alpha value is -0.570. The van der Waals surface area contributed by atoms with E-state index in [9.17, 15) is 5.11 Å². The van der Waals surface area contributed by atoms with Gasteiger partial charge in [-0.25, -0.2) is 0 Å². The van der Waals surface area contributed by atoms with Crippen LogP contribution in [0.15, 0.2) is 24.3 Å². The molecule has 2 nitrogen and oxygen atoms in total. The number of hydrogen-bond acceptors (Lipinski definition) is 2. The van der Waals surface area contributed by atoms with Crippen LogP contribution in [-0.4, -0.2) is 11.2 Å². The van der Waals surface area contributed by atoms with Gasteiger partial charge in [0.15, 0.2) is 0 Å². The van der Waals surface area contributed by atoms with E-state index in [1.165, 1.54) is 5.56 Å². The summed E-state index contributed by atoms with van der Waals surface area (Å²) in [6, 6.07) is 7.91. The number of aliphatic hydroxyl groups is 1. The standard InChI is InChI=1S/C15H25NO.ClH/c1-10(2)11-6-8-12(9-7-11)13(16)14(17)15(3,4)5;/h6-10,13-14,17H,16H2,1-5H3;1H/t13-,14-;/m0./s1. The summed E-state index contributed by atoms with van der Waals surface area (Å²) < 4.78 is 0. The van der Waals surface area contributed by atoms with Crippen LogP contribution in [0, 0.1) is 5.41 Å². The molecule has 3 N–H and O–H groups in total. The van der Waals surface area contributed by atoms with E-state index in [0.717, 1.165) is 5.56 Å². The third-order valence-corrected chi connectivity index (χ3v) is 3.22. The van der Waals surface area contributed by atoms with Gasteiger partial charge in [0.05, 0.1) is 12.1 Å². The molecule has 0 aliphatic heterocycles. The number of nitrogens with two attached hydrogens (primary N) is 1. The normalized spacial score (nSPS) is 15.1. The summed E-state index contributed by atoms with van der Waals surface area (Å²) in [7, 11) is 0. The van der Waals surface area contributed by atoms with Crippen LogP contribution in [0.25, 0.3) is 0 Å². The molecule has 1 aromatic carbocycles. The second-order valence-corrected chi connectivity index (χ2v) is 6.16. The minimum atomic E-state index is -0.535. The van der Waals surface area contributed by atoms with Crippen LogP contribution in [0.5, 0.6) is 0 Å². The van der Waals surface area contributed by atoms with Gasteiger partial charge >= 0.3 is 0 Å². The minimum Gasteiger partial charge on any atom is -0.391 e. The molecular weight excluding hydrogens is 246 g/mol. The van der Waals surface area contributed by atoms with Gasteiger partial charge in [0, 0.05) is 0 Å². The second-order valence-electron chi connectivity index (χ2n) is 6.16. The van der Waals surface area contributed by atoms with E-state index in [1.54, 1.807) is 0 Å². The van der Waals surface area contributed by atoms with Crippen molar-refractivity contribution < 1.29 is 5.11 Å². The largest absolute Gasteiger partial charge is 0.391 e. The number of hydrogen-bond donors (Lipinski definition) is 2. The molecule has 0 saturated heterocycles. The van der Waals surface area contributed by atoms with E-state index < -0.39 is 6.10 Å². The Morgan fingerprint density at radius 3 is 1.72 bits per heavy atom. The van der Waals surface area contributed by atoms with Gasteiger partial charge in [0.25, 0.3) is 0 Å². The molecule has 0 fully saturated rings. The van der Waals surface area contributed by atoms with Crippen molar-refractivity contribution in [1.82, 2.24) is 0 Å². The van der Waals surface area contributed by atoms with Crippen LogP contribution in [0.3, 0.4) is 0 Å². The maximum atomic E-state index is 10.2. The molecule has 0 spiro atoms. The van der Waals surface area contributed by atoms with Crippen LogP contribution in [0.4, 0.5) is 0 Å². The van der Waals surface area contributed by atoms with E-state index in [2.05, 4.69) is 26.0 Å². The van der Waals surface area contributed by atoms with Gasteiger partial charge in [-0.15, -0.1) is 12.4 Å². The van der Waals surface area contributed by atoms with Gasteiger partial charge in [-0.1, -0.05) is 58.9 Å². The highest BCUT2D eigenvalue weighted by Crippen LogP contribution is 2.29. The van der Waals surface area contributed by atoms with Gasteiger partial charge in [-0.3, -0.25) is 0 Å². The van der Waals surface area contributed by atoms with Crippen molar-refractivity contribution in [3.8, 4) is 0 Å². The molecule has 0 heterocycles. The lowest BCUT2D eigenvalue weighted by atomic mass is 9.82. The number of benzene rings is 1. The van der Waals surface area contributed by atoms with Crippen LogP contribution in [0.2, 0.25) is 0 Å². The average molecular weight is 272 g/mol. The van der Waals surface area contributed by atoms with Gasteiger partial charge in [0.2, 0.25) is 0 Å². The summed E-state index contributed by atoms with van der Waals surface area (Å²) in [5, 5.41) is 10.2. The predicted octanol–water partition coefficient (Wildman–Crippen LogP) is 3.64. The van der Waals surface area contributed by atoms with Crippen LogP contribution < -0.4 is 5.73 Å². The highest BCUT2D eigenvalue weighted by Gasteiger charge is 2.28. The summed E-state index contributed by atoms with van der Waals surface area (Å²) >= 11 is 0. The first-order valence-corrected chi connectivity index (χ1v) is 6.27. The molecule has 18 heavy (non-hydrogen) atoms. The Morgan fingerprint density at radius 1 is 1.00 bits per heavy atom. The molecule has 0 aliphatic carbocycles. The van der Waals surface area contributed by atoms with Gasteiger partial charge in [-0.2, -0.15) is 0 Å². The second kappa shape index (κ2) is 6.55. The highest BCUT2D eigenvalue weighted by molar-refractivity contribution is 5.85. The lowest BCUT2D eigenvalue weighted by Crippen LogP contribution is -2.36. The number of rotatable bonds is 3. The number of halogens is 1. The van der Waals surface area contributed by atoms with Crippen molar-refractivity contribution in [2.45, 2.75) is 52.7 Å². The molecule has 1 aromatic rings. The fraction of sp³-hybridized carbons (Fsp3) is 0.600. The highest BCUT2D eigenvalue weighted by atomic mass is 35.5. The molecular formula is C15H26ClNO. The lowest BCUT2D eigenvalue weighted by molar-refractivity contribution is 0.0401. The molecule has 0 bridgehead atoms. The van der Waals surface area contributed by atoms with Gasteiger partial charge in [0.1, 0.15) is 0 Å². The maximum Gasteiger partial charge on any atom is 0.0780 e. The minimum absolute atomic E-state index is 0. The van der Waals surface area contributed by atoms with Crippen molar-refractivity contribution in [3.05, 3.63) is 35.4 Å². The maximum absolute atomic E-state index is 10.2. The topological polar surface area (TPSA) is 46.2 Å². The molecule has 3 heteroatoms. The van der Waals surface area contributed by atoms with E-state index in [1.807, 2.05) is 32.9 Å². The molecule has 104 valence electrons. The Labute approximate surface area is 117 Å². The SMILES string of the molecule is CC(C)c1ccc([C@H](N)[C@H](O)C(C)(C)C)cc1.Cl. The lowest BCUT2D eigenvalue weighted by Gasteiger charge is -2.31. The molecule has 0 aliphatic rings.